The number of aryl methyl sites for hydroxylation is 1. The van der Waals surface area contributed by atoms with Gasteiger partial charge in [0.1, 0.15) is 5.02 Å². The van der Waals surface area contributed by atoms with Gasteiger partial charge >= 0.3 is 0 Å². The molecule has 0 bridgehead atoms. The molecule has 2 aromatic rings. The molecule has 1 aromatic heterocycles. The first-order valence-corrected chi connectivity index (χ1v) is 7.64. The molecule has 0 unspecified atom stereocenters. The average Bonchev–Trinajstić information content (AvgIpc) is 2.63. The summed E-state index contributed by atoms with van der Waals surface area (Å²) in [5.41, 5.74) is 2.86. The molecule has 5 nitrogen and oxygen atoms in total. The molecular weight excluding hydrogens is 300 g/mol. The van der Waals surface area contributed by atoms with Crippen molar-refractivity contribution in [3.8, 4) is 0 Å². The Balaban J connectivity index is 2.08. The van der Waals surface area contributed by atoms with E-state index in [4.69, 9.17) is 11.6 Å². The summed E-state index contributed by atoms with van der Waals surface area (Å²) in [6.07, 6.45) is 1.67. The molecule has 0 spiro atoms. The van der Waals surface area contributed by atoms with Crippen molar-refractivity contribution in [2.24, 2.45) is 7.05 Å². The lowest BCUT2D eigenvalue weighted by Crippen LogP contribution is -2.39. The van der Waals surface area contributed by atoms with Crippen LogP contribution in [0.1, 0.15) is 12.5 Å². The van der Waals surface area contributed by atoms with Gasteiger partial charge in [-0.15, -0.1) is 0 Å². The van der Waals surface area contributed by atoms with Crippen LogP contribution in [0, 0.1) is 0 Å². The molecular formula is C16H19ClN4O. The number of likely N-dealkylation sites (N-methyl/N-ethyl adjacent to an activating group) is 1. The lowest BCUT2D eigenvalue weighted by molar-refractivity contribution is 0.633. The minimum atomic E-state index is -0.266. The minimum absolute atomic E-state index is 0.212. The Morgan fingerprint density at radius 2 is 1.95 bits per heavy atom. The molecule has 0 saturated carbocycles. The largest absolute Gasteiger partial charge is 0.372 e. The normalized spacial score (nSPS) is 18.1. The monoisotopic (exact) mass is 318 g/mol. The molecule has 0 aliphatic carbocycles. The molecule has 0 N–H and O–H groups in total. The predicted octanol–water partition coefficient (Wildman–Crippen LogP) is 2.28. The van der Waals surface area contributed by atoms with Crippen LogP contribution in [0.25, 0.3) is 0 Å². The second kappa shape index (κ2) is 5.65. The van der Waals surface area contributed by atoms with Gasteiger partial charge in [0, 0.05) is 38.9 Å². The molecule has 6 heteroatoms. The summed E-state index contributed by atoms with van der Waals surface area (Å²) in [6.45, 7) is 3.69. The number of para-hydroxylation sites is 1. The highest BCUT2D eigenvalue weighted by molar-refractivity contribution is 6.33. The standard InChI is InChI=1S/C16H19ClN4O/c1-11-9-19(2)13-7-5-4-6-12(13)10-21(11)14-8-18-20(3)16(22)15(14)17/h4-8,11H,9-10H2,1-3H3/t11-/m0/s1. The van der Waals surface area contributed by atoms with Crippen molar-refractivity contribution < 1.29 is 0 Å². The van der Waals surface area contributed by atoms with Gasteiger partial charge in [0.15, 0.2) is 0 Å². The van der Waals surface area contributed by atoms with Crippen LogP contribution in [0.2, 0.25) is 5.02 Å². The van der Waals surface area contributed by atoms with Crippen molar-refractivity contribution in [2.75, 3.05) is 23.4 Å². The van der Waals surface area contributed by atoms with E-state index in [0.717, 1.165) is 6.54 Å². The zero-order valence-electron chi connectivity index (χ0n) is 13.0. The second-order valence-electron chi connectivity index (χ2n) is 5.76. The van der Waals surface area contributed by atoms with Gasteiger partial charge in [0.2, 0.25) is 0 Å². The van der Waals surface area contributed by atoms with Crippen LogP contribution in [0.4, 0.5) is 11.4 Å². The van der Waals surface area contributed by atoms with Crippen molar-refractivity contribution in [3.63, 3.8) is 0 Å². The van der Waals surface area contributed by atoms with E-state index in [1.54, 1.807) is 13.2 Å². The van der Waals surface area contributed by atoms with Crippen LogP contribution < -0.4 is 15.4 Å². The zero-order chi connectivity index (χ0) is 15.9. The maximum Gasteiger partial charge on any atom is 0.287 e. The molecule has 1 aliphatic rings. The van der Waals surface area contributed by atoms with E-state index in [9.17, 15) is 4.79 Å². The van der Waals surface area contributed by atoms with Gasteiger partial charge in [-0.05, 0) is 18.6 Å². The number of aromatic nitrogens is 2. The number of rotatable bonds is 1. The first kappa shape index (κ1) is 14.9. The summed E-state index contributed by atoms with van der Waals surface area (Å²) in [7, 11) is 3.69. The van der Waals surface area contributed by atoms with Gasteiger partial charge in [0.25, 0.3) is 5.56 Å². The summed E-state index contributed by atoms with van der Waals surface area (Å²) < 4.78 is 1.26. The molecule has 116 valence electrons. The van der Waals surface area contributed by atoms with Gasteiger partial charge in [-0.25, -0.2) is 4.68 Å². The summed E-state index contributed by atoms with van der Waals surface area (Å²) in [6, 6.07) is 8.52. The Morgan fingerprint density at radius 3 is 2.73 bits per heavy atom. The summed E-state index contributed by atoms with van der Waals surface area (Å²) in [5.74, 6) is 0. The van der Waals surface area contributed by atoms with Gasteiger partial charge < -0.3 is 9.80 Å². The molecule has 0 amide bonds. The number of hydrogen-bond donors (Lipinski definition) is 0. The van der Waals surface area contributed by atoms with Crippen LogP contribution in [0.5, 0.6) is 0 Å². The van der Waals surface area contributed by atoms with Gasteiger partial charge in [-0.3, -0.25) is 4.79 Å². The molecule has 0 saturated heterocycles. The van der Waals surface area contributed by atoms with E-state index in [-0.39, 0.29) is 16.6 Å². The van der Waals surface area contributed by atoms with Crippen molar-refractivity contribution >= 4 is 23.0 Å². The molecule has 0 radical (unpaired) electrons. The fourth-order valence-electron chi connectivity index (χ4n) is 2.97. The molecule has 0 fully saturated rings. The molecule has 22 heavy (non-hydrogen) atoms. The molecule has 3 rings (SSSR count). The fraction of sp³-hybridized carbons (Fsp3) is 0.375. The lowest BCUT2D eigenvalue weighted by Gasteiger charge is -2.30. The van der Waals surface area contributed by atoms with E-state index >= 15 is 0 Å². The Labute approximate surface area is 134 Å². The highest BCUT2D eigenvalue weighted by atomic mass is 35.5. The molecule has 2 heterocycles. The highest BCUT2D eigenvalue weighted by Gasteiger charge is 2.26. The Kier molecular flexibility index (Phi) is 3.83. The maximum atomic E-state index is 12.1. The number of anilines is 2. The first-order valence-electron chi connectivity index (χ1n) is 7.26. The van der Waals surface area contributed by atoms with Gasteiger partial charge in [0.05, 0.1) is 11.9 Å². The summed E-state index contributed by atoms with van der Waals surface area (Å²) in [5, 5.41) is 4.35. The number of fused-ring (bicyclic) bond motifs is 1. The second-order valence-corrected chi connectivity index (χ2v) is 6.14. The van der Waals surface area contributed by atoms with E-state index in [1.807, 2.05) is 12.1 Å². The van der Waals surface area contributed by atoms with E-state index in [0.29, 0.717) is 12.2 Å². The Morgan fingerprint density at radius 1 is 1.23 bits per heavy atom. The zero-order valence-corrected chi connectivity index (χ0v) is 13.7. The SMILES string of the molecule is C[C@H]1CN(C)c2ccccc2CN1c1cnn(C)c(=O)c1Cl. The van der Waals surface area contributed by atoms with Crippen LogP contribution in [-0.4, -0.2) is 29.4 Å². The van der Waals surface area contributed by atoms with Crippen molar-refractivity contribution in [3.05, 3.63) is 51.4 Å². The summed E-state index contributed by atoms with van der Waals surface area (Å²) >= 11 is 6.29. The van der Waals surface area contributed by atoms with Crippen molar-refractivity contribution in [1.29, 1.82) is 0 Å². The smallest absolute Gasteiger partial charge is 0.287 e. The third kappa shape index (κ3) is 2.46. The number of benzene rings is 1. The van der Waals surface area contributed by atoms with Crippen LogP contribution in [0.3, 0.4) is 0 Å². The number of nitrogens with zero attached hydrogens (tertiary/aromatic N) is 4. The lowest BCUT2D eigenvalue weighted by atomic mass is 10.1. The van der Waals surface area contributed by atoms with Crippen LogP contribution >= 0.6 is 11.6 Å². The number of halogens is 1. The van der Waals surface area contributed by atoms with Crippen molar-refractivity contribution in [1.82, 2.24) is 9.78 Å². The Hall–Kier alpha value is -2.01. The van der Waals surface area contributed by atoms with Gasteiger partial charge in [-0.2, -0.15) is 5.10 Å². The van der Waals surface area contributed by atoms with Crippen LogP contribution in [-0.2, 0) is 13.6 Å². The van der Waals surface area contributed by atoms with Crippen LogP contribution in [0.15, 0.2) is 35.3 Å². The topological polar surface area (TPSA) is 41.4 Å². The average molecular weight is 319 g/mol. The molecule has 1 aromatic carbocycles. The predicted molar refractivity (Wildman–Crippen MR) is 89.8 cm³/mol. The minimum Gasteiger partial charge on any atom is -0.372 e. The number of hydrogen-bond acceptors (Lipinski definition) is 4. The van der Waals surface area contributed by atoms with Crippen molar-refractivity contribution in [2.45, 2.75) is 19.5 Å². The third-order valence-electron chi connectivity index (χ3n) is 4.18. The maximum absolute atomic E-state index is 12.1. The summed E-state index contributed by atoms with van der Waals surface area (Å²) in [4.78, 5) is 16.5. The van der Waals surface area contributed by atoms with E-state index < -0.39 is 0 Å². The molecule has 1 atom stereocenters. The Bertz CT molecular complexity index is 758. The van der Waals surface area contributed by atoms with Gasteiger partial charge in [-0.1, -0.05) is 29.8 Å². The first-order chi connectivity index (χ1) is 10.5. The fourth-order valence-corrected chi connectivity index (χ4v) is 3.25. The highest BCUT2D eigenvalue weighted by Crippen LogP contribution is 2.31. The third-order valence-corrected chi connectivity index (χ3v) is 4.54. The molecule has 1 aliphatic heterocycles. The van der Waals surface area contributed by atoms with E-state index in [1.165, 1.54) is 15.9 Å². The quantitative estimate of drug-likeness (QED) is 0.809. The van der Waals surface area contributed by atoms with E-state index in [2.05, 4.69) is 41.0 Å².